The number of nitrogens with zero attached hydrogens (tertiary/aromatic N) is 1. The highest BCUT2D eigenvalue weighted by atomic mass is 32.1. The third-order valence-corrected chi connectivity index (χ3v) is 1.89. The lowest BCUT2D eigenvalue weighted by Gasteiger charge is -1.99. The number of rotatable bonds is 5. The van der Waals surface area contributed by atoms with E-state index in [0.29, 0.717) is 19.8 Å². The third-order valence-electron chi connectivity index (χ3n) is 1.14. The number of aromatic nitrogens is 1. The van der Waals surface area contributed by atoms with E-state index in [1.165, 1.54) is 0 Å². The van der Waals surface area contributed by atoms with Gasteiger partial charge in [-0.15, -0.1) is 11.3 Å². The molecule has 0 N–H and O–H groups in total. The van der Waals surface area contributed by atoms with Gasteiger partial charge in [0.1, 0.15) is 5.01 Å². The third kappa shape index (κ3) is 3.46. The zero-order valence-corrected chi connectivity index (χ0v) is 7.26. The van der Waals surface area contributed by atoms with Gasteiger partial charge in [0.2, 0.25) is 0 Å². The molecule has 1 aromatic rings. The molecule has 0 spiro atoms. The standard InChI is InChI=1S/C7H11NO2S/c1-9-3-4-10-6-7-8-2-5-11-7/h2,5H,3-4,6H2,1H3. The normalized spacial score (nSPS) is 10.3. The van der Waals surface area contributed by atoms with E-state index in [9.17, 15) is 0 Å². The Balaban J connectivity index is 2.04. The molecule has 0 aliphatic carbocycles. The maximum Gasteiger partial charge on any atom is 0.118 e. The van der Waals surface area contributed by atoms with Crippen molar-refractivity contribution in [1.29, 1.82) is 0 Å². The van der Waals surface area contributed by atoms with Gasteiger partial charge in [0, 0.05) is 18.7 Å². The van der Waals surface area contributed by atoms with Gasteiger partial charge in [-0.2, -0.15) is 0 Å². The molecule has 0 bridgehead atoms. The van der Waals surface area contributed by atoms with Gasteiger partial charge in [0.15, 0.2) is 0 Å². The van der Waals surface area contributed by atoms with Crippen LogP contribution in [0.4, 0.5) is 0 Å². The van der Waals surface area contributed by atoms with Crippen molar-refractivity contribution in [1.82, 2.24) is 4.98 Å². The predicted octanol–water partition coefficient (Wildman–Crippen LogP) is 1.31. The van der Waals surface area contributed by atoms with Gasteiger partial charge < -0.3 is 9.47 Å². The first-order chi connectivity index (χ1) is 5.43. The van der Waals surface area contributed by atoms with E-state index in [1.807, 2.05) is 5.38 Å². The van der Waals surface area contributed by atoms with Gasteiger partial charge in [-0.1, -0.05) is 0 Å². The average molecular weight is 173 g/mol. The van der Waals surface area contributed by atoms with Crippen LogP contribution in [-0.2, 0) is 16.1 Å². The molecule has 62 valence electrons. The SMILES string of the molecule is COCCOCc1nccs1. The molecule has 0 radical (unpaired) electrons. The van der Waals surface area contributed by atoms with Crippen LogP contribution in [0, 0.1) is 0 Å². The van der Waals surface area contributed by atoms with Crippen molar-refractivity contribution in [3.63, 3.8) is 0 Å². The van der Waals surface area contributed by atoms with Crippen molar-refractivity contribution in [3.8, 4) is 0 Å². The molecule has 4 heteroatoms. The number of hydrogen-bond acceptors (Lipinski definition) is 4. The Hall–Kier alpha value is -0.450. The molecule has 0 aromatic carbocycles. The lowest BCUT2D eigenvalue weighted by atomic mass is 10.7. The molecule has 11 heavy (non-hydrogen) atoms. The van der Waals surface area contributed by atoms with E-state index in [0.717, 1.165) is 5.01 Å². The highest BCUT2D eigenvalue weighted by Crippen LogP contribution is 2.04. The first-order valence-electron chi connectivity index (χ1n) is 3.38. The van der Waals surface area contributed by atoms with Crippen molar-refractivity contribution in [2.24, 2.45) is 0 Å². The van der Waals surface area contributed by atoms with E-state index < -0.39 is 0 Å². The molecule has 0 unspecified atom stereocenters. The van der Waals surface area contributed by atoms with Gasteiger partial charge in [0.05, 0.1) is 19.8 Å². The van der Waals surface area contributed by atoms with Crippen molar-refractivity contribution >= 4 is 11.3 Å². The lowest BCUT2D eigenvalue weighted by molar-refractivity contribution is 0.0616. The van der Waals surface area contributed by atoms with Crippen LogP contribution in [0.2, 0.25) is 0 Å². The number of ether oxygens (including phenoxy) is 2. The molecule has 0 atom stereocenters. The monoisotopic (exact) mass is 173 g/mol. The predicted molar refractivity (Wildman–Crippen MR) is 43.6 cm³/mol. The maximum atomic E-state index is 5.24. The van der Waals surface area contributed by atoms with E-state index in [4.69, 9.17) is 9.47 Å². The van der Waals surface area contributed by atoms with Crippen LogP contribution in [0.1, 0.15) is 5.01 Å². The van der Waals surface area contributed by atoms with Crippen molar-refractivity contribution < 1.29 is 9.47 Å². The summed E-state index contributed by atoms with van der Waals surface area (Å²) in [5, 5.41) is 2.95. The number of methoxy groups -OCH3 is 1. The minimum Gasteiger partial charge on any atom is -0.382 e. The first kappa shape index (κ1) is 8.64. The topological polar surface area (TPSA) is 31.4 Å². The maximum absolute atomic E-state index is 5.24. The molecule has 0 saturated heterocycles. The fourth-order valence-corrected chi connectivity index (χ4v) is 1.18. The molecular formula is C7H11NO2S. The highest BCUT2D eigenvalue weighted by molar-refractivity contribution is 7.09. The summed E-state index contributed by atoms with van der Waals surface area (Å²) in [7, 11) is 1.66. The fourth-order valence-electron chi connectivity index (χ4n) is 0.626. The highest BCUT2D eigenvalue weighted by Gasteiger charge is 1.93. The molecule has 3 nitrogen and oxygen atoms in total. The van der Waals surface area contributed by atoms with E-state index in [2.05, 4.69) is 4.98 Å². The second-order valence-electron chi connectivity index (χ2n) is 1.97. The van der Waals surface area contributed by atoms with Gasteiger partial charge in [-0.05, 0) is 0 Å². The summed E-state index contributed by atoms with van der Waals surface area (Å²) in [5.41, 5.74) is 0. The molecule has 0 amide bonds. The Kier molecular flexibility index (Phi) is 4.11. The van der Waals surface area contributed by atoms with Gasteiger partial charge in [0.25, 0.3) is 0 Å². The van der Waals surface area contributed by atoms with Crippen LogP contribution in [0.15, 0.2) is 11.6 Å². The molecule has 0 saturated carbocycles. The Morgan fingerprint density at radius 2 is 2.45 bits per heavy atom. The lowest BCUT2D eigenvalue weighted by Crippen LogP contribution is -2.01. The molecule has 1 rings (SSSR count). The van der Waals surface area contributed by atoms with Crippen molar-refractivity contribution in [3.05, 3.63) is 16.6 Å². The largest absolute Gasteiger partial charge is 0.382 e. The molecule has 0 aliphatic rings. The van der Waals surface area contributed by atoms with Gasteiger partial charge >= 0.3 is 0 Å². The molecule has 1 aromatic heterocycles. The molecule has 0 fully saturated rings. The summed E-state index contributed by atoms with van der Waals surface area (Å²) in [4.78, 5) is 4.07. The zero-order chi connectivity index (χ0) is 7.94. The van der Waals surface area contributed by atoms with Crippen LogP contribution in [0.3, 0.4) is 0 Å². The smallest absolute Gasteiger partial charge is 0.118 e. The Bertz CT molecular complexity index is 177. The summed E-state index contributed by atoms with van der Waals surface area (Å²) < 4.78 is 10.1. The van der Waals surface area contributed by atoms with Gasteiger partial charge in [-0.3, -0.25) is 0 Å². The quantitative estimate of drug-likeness (QED) is 0.629. The Labute approximate surface area is 70.0 Å². The minimum atomic E-state index is 0.598. The Morgan fingerprint density at radius 1 is 1.55 bits per heavy atom. The second-order valence-corrected chi connectivity index (χ2v) is 2.95. The second kappa shape index (κ2) is 5.23. The summed E-state index contributed by atoms with van der Waals surface area (Å²) in [6, 6.07) is 0. The average Bonchev–Trinajstić information content (AvgIpc) is 2.50. The van der Waals surface area contributed by atoms with Crippen LogP contribution in [-0.4, -0.2) is 25.3 Å². The van der Waals surface area contributed by atoms with Crippen LogP contribution < -0.4 is 0 Å². The summed E-state index contributed by atoms with van der Waals surface area (Å²) in [6.07, 6.45) is 1.78. The fraction of sp³-hybridized carbons (Fsp3) is 0.571. The number of thiazole rings is 1. The van der Waals surface area contributed by atoms with Crippen LogP contribution >= 0.6 is 11.3 Å². The molecule has 1 heterocycles. The first-order valence-corrected chi connectivity index (χ1v) is 4.26. The van der Waals surface area contributed by atoms with Crippen molar-refractivity contribution in [2.45, 2.75) is 6.61 Å². The molecule has 0 aliphatic heterocycles. The van der Waals surface area contributed by atoms with Crippen LogP contribution in [0.5, 0.6) is 0 Å². The van der Waals surface area contributed by atoms with Crippen molar-refractivity contribution in [2.75, 3.05) is 20.3 Å². The summed E-state index contributed by atoms with van der Waals surface area (Å²) in [5.74, 6) is 0. The minimum absolute atomic E-state index is 0.598. The molecular weight excluding hydrogens is 162 g/mol. The van der Waals surface area contributed by atoms with Crippen LogP contribution in [0.25, 0.3) is 0 Å². The zero-order valence-electron chi connectivity index (χ0n) is 6.45. The van der Waals surface area contributed by atoms with E-state index in [-0.39, 0.29) is 0 Å². The Morgan fingerprint density at radius 3 is 3.09 bits per heavy atom. The summed E-state index contributed by atoms with van der Waals surface area (Å²) in [6.45, 7) is 1.88. The van der Waals surface area contributed by atoms with E-state index >= 15 is 0 Å². The van der Waals surface area contributed by atoms with Gasteiger partial charge in [-0.25, -0.2) is 4.98 Å². The number of hydrogen-bond donors (Lipinski definition) is 0. The van der Waals surface area contributed by atoms with E-state index in [1.54, 1.807) is 24.6 Å². The summed E-state index contributed by atoms with van der Waals surface area (Å²) >= 11 is 1.60.